The van der Waals surface area contributed by atoms with Gasteiger partial charge in [0.25, 0.3) is 5.91 Å². The number of amides is 1. The monoisotopic (exact) mass is 318 g/mol. The summed E-state index contributed by atoms with van der Waals surface area (Å²) in [5.74, 6) is 0.510. The highest BCUT2D eigenvalue weighted by Crippen LogP contribution is 2.11. The fourth-order valence-electron chi connectivity index (χ4n) is 1.96. The minimum Gasteiger partial charge on any atom is -0.351 e. The number of carbonyl (C=O) groups is 1. The molecule has 0 aliphatic carbocycles. The van der Waals surface area contributed by atoms with Crippen LogP contribution in [0.4, 0.5) is 0 Å². The third-order valence-corrected chi connectivity index (χ3v) is 4.11. The first kappa shape index (κ1) is 14.4. The molecule has 0 radical (unpaired) electrons. The lowest BCUT2D eigenvalue weighted by Crippen LogP contribution is -2.27. The van der Waals surface area contributed by atoms with Crippen molar-refractivity contribution in [3.8, 4) is 0 Å². The molecule has 1 N–H and O–H groups in total. The van der Waals surface area contributed by atoms with Gasteiger partial charge in [0.05, 0.1) is 17.5 Å². The Kier molecular flexibility index (Phi) is 4.00. The second-order valence-corrected chi connectivity index (χ2v) is 5.61. The van der Waals surface area contributed by atoms with Crippen molar-refractivity contribution in [2.45, 2.75) is 12.1 Å². The average Bonchev–Trinajstić information content (AvgIpc) is 3.13. The third kappa shape index (κ3) is 2.77. The van der Waals surface area contributed by atoms with Crippen molar-refractivity contribution < 1.29 is 4.79 Å². The van der Waals surface area contributed by atoms with Crippen molar-refractivity contribution >= 4 is 23.3 Å². The normalized spacial score (nSPS) is 11.0. The lowest BCUT2D eigenvalue weighted by atomic mass is 10.2. The van der Waals surface area contributed by atoms with Crippen molar-refractivity contribution in [2.75, 3.05) is 12.3 Å². The van der Waals surface area contributed by atoms with Crippen LogP contribution in [-0.4, -0.2) is 53.0 Å². The van der Waals surface area contributed by atoms with Crippen LogP contribution < -0.4 is 5.32 Å². The number of aromatic nitrogens is 7. The Morgan fingerprint density at radius 1 is 1.45 bits per heavy atom. The minimum absolute atomic E-state index is 0.168. The highest BCUT2D eigenvalue weighted by molar-refractivity contribution is 7.99. The molecule has 0 unspecified atom stereocenters. The zero-order valence-corrected chi connectivity index (χ0v) is 12.9. The van der Waals surface area contributed by atoms with Crippen LogP contribution in [0.15, 0.2) is 23.6 Å². The summed E-state index contributed by atoms with van der Waals surface area (Å²) in [5.41, 5.74) is 2.00. The molecule has 114 valence electrons. The molecule has 0 fully saturated rings. The molecule has 1 amide bonds. The van der Waals surface area contributed by atoms with Gasteiger partial charge in [-0.05, 0) is 17.4 Å². The van der Waals surface area contributed by atoms with Crippen molar-refractivity contribution in [2.24, 2.45) is 7.05 Å². The summed E-state index contributed by atoms with van der Waals surface area (Å²) in [7, 11) is 1.77. The number of hydrogen-bond donors (Lipinski definition) is 1. The lowest BCUT2D eigenvalue weighted by Gasteiger charge is -2.08. The smallest absolute Gasteiger partial charge is 0.254 e. The quantitative estimate of drug-likeness (QED) is 0.525. The molecule has 0 aliphatic heterocycles. The predicted molar refractivity (Wildman–Crippen MR) is 79.6 cm³/mol. The number of aryl methyl sites for hydroxylation is 2. The molecule has 3 aromatic rings. The fraction of sp³-hybridized carbons (Fsp3) is 0.333. The van der Waals surface area contributed by atoms with E-state index in [4.69, 9.17) is 0 Å². The molecule has 0 saturated carbocycles. The molecule has 9 nitrogen and oxygen atoms in total. The predicted octanol–water partition coefficient (Wildman–Crippen LogP) is 0.0833. The van der Waals surface area contributed by atoms with Crippen molar-refractivity contribution in [3.05, 3.63) is 29.7 Å². The summed E-state index contributed by atoms with van der Waals surface area (Å²) in [4.78, 5) is 16.4. The Morgan fingerprint density at radius 3 is 3.09 bits per heavy atom. The molecule has 3 heterocycles. The summed E-state index contributed by atoms with van der Waals surface area (Å²) >= 11 is 1.48. The second-order valence-electron chi connectivity index (χ2n) is 4.55. The maximum Gasteiger partial charge on any atom is 0.254 e. The van der Waals surface area contributed by atoms with Gasteiger partial charge in [-0.3, -0.25) is 4.79 Å². The van der Waals surface area contributed by atoms with Gasteiger partial charge in [-0.1, -0.05) is 11.8 Å². The van der Waals surface area contributed by atoms with Crippen LogP contribution in [0.1, 0.15) is 16.1 Å². The van der Waals surface area contributed by atoms with Crippen LogP contribution in [0.3, 0.4) is 0 Å². The molecule has 0 saturated heterocycles. The molecule has 0 aromatic carbocycles. The van der Waals surface area contributed by atoms with E-state index in [0.29, 0.717) is 23.0 Å². The summed E-state index contributed by atoms with van der Waals surface area (Å²) in [6.45, 7) is 2.35. The van der Waals surface area contributed by atoms with Gasteiger partial charge in [0.15, 0.2) is 5.65 Å². The van der Waals surface area contributed by atoms with Crippen LogP contribution in [0.25, 0.3) is 5.65 Å². The van der Waals surface area contributed by atoms with Crippen molar-refractivity contribution in [1.82, 2.24) is 40.1 Å². The Hall–Kier alpha value is -2.49. The van der Waals surface area contributed by atoms with E-state index in [1.54, 1.807) is 34.7 Å². The first-order chi connectivity index (χ1) is 10.7. The molecule has 0 aliphatic rings. The molecule has 22 heavy (non-hydrogen) atoms. The van der Waals surface area contributed by atoms with E-state index in [9.17, 15) is 4.79 Å². The molecule has 10 heteroatoms. The largest absolute Gasteiger partial charge is 0.351 e. The van der Waals surface area contributed by atoms with Gasteiger partial charge >= 0.3 is 0 Å². The number of fused-ring (bicyclic) bond motifs is 1. The second kappa shape index (κ2) is 6.10. The molecule has 0 atom stereocenters. The lowest BCUT2D eigenvalue weighted by molar-refractivity contribution is 0.0954. The number of nitrogens with one attached hydrogen (secondary N) is 1. The van der Waals surface area contributed by atoms with Gasteiger partial charge < -0.3 is 5.32 Å². The fourth-order valence-corrected chi connectivity index (χ4v) is 2.66. The average molecular weight is 318 g/mol. The molecule has 0 bridgehead atoms. The van der Waals surface area contributed by atoms with Crippen molar-refractivity contribution in [3.63, 3.8) is 0 Å². The van der Waals surface area contributed by atoms with Gasteiger partial charge in [0.1, 0.15) is 0 Å². The number of carbonyl (C=O) groups excluding carboxylic acids is 1. The van der Waals surface area contributed by atoms with Gasteiger partial charge in [0, 0.05) is 31.6 Å². The number of thioether (sulfide) groups is 1. The Balaban J connectivity index is 1.59. The highest BCUT2D eigenvalue weighted by atomic mass is 32.2. The number of tetrazole rings is 1. The Labute approximate surface area is 130 Å². The SMILES string of the molecule is Cc1c(C(=O)NCCSc2nnnn2C)cnc2ccnn12. The van der Waals surface area contributed by atoms with Crippen molar-refractivity contribution in [1.29, 1.82) is 0 Å². The summed E-state index contributed by atoms with van der Waals surface area (Å²) in [6.07, 6.45) is 3.23. The van der Waals surface area contributed by atoms with Gasteiger partial charge in [0.2, 0.25) is 5.16 Å². The first-order valence-electron chi connectivity index (χ1n) is 6.59. The van der Waals surface area contributed by atoms with Crippen LogP contribution in [-0.2, 0) is 7.05 Å². The van der Waals surface area contributed by atoms with E-state index in [1.165, 1.54) is 11.8 Å². The third-order valence-electron chi connectivity index (χ3n) is 3.10. The van der Waals surface area contributed by atoms with Crippen LogP contribution >= 0.6 is 11.8 Å². The van der Waals surface area contributed by atoms with Gasteiger partial charge in [-0.2, -0.15) is 5.10 Å². The van der Waals surface area contributed by atoms with E-state index in [0.717, 1.165) is 11.3 Å². The number of nitrogens with zero attached hydrogens (tertiary/aromatic N) is 7. The number of rotatable bonds is 5. The summed E-state index contributed by atoms with van der Waals surface area (Å²) < 4.78 is 3.24. The van der Waals surface area contributed by atoms with Crippen LogP contribution in [0.2, 0.25) is 0 Å². The zero-order chi connectivity index (χ0) is 15.5. The highest BCUT2D eigenvalue weighted by Gasteiger charge is 2.12. The van der Waals surface area contributed by atoms with Gasteiger partial charge in [-0.25, -0.2) is 14.2 Å². The Bertz CT molecular complexity index is 810. The Morgan fingerprint density at radius 2 is 2.32 bits per heavy atom. The van der Waals surface area contributed by atoms with E-state index in [2.05, 4.69) is 30.9 Å². The van der Waals surface area contributed by atoms with Crippen LogP contribution in [0, 0.1) is 6.92 Å². The first-order valence-corrected chi connectivity index (χ1v) is 7.58. The molecule has 3 rings (SSSR count). The molecule has 3 aromatic heterocycles. The summed E-state index contributed by atoms with van der Waals surface area (Å²) in [5, 5.41) is 18.9. The maximum atomic E-state index is 12.2. The summed E-state index contributed by atoms with van der Waals surface area (Å²) in [6, 6.07) is 1.79. The van der Waals surface area contributed by atoms with E-state index in [1.807, 2.05) is 6.92 Å². The standard InChI is InChI=1S/C12H14N8OS/c1-8-9(7-14-10-3-4-15-20(8)10)11(21)13-5-6-22-12-16-17-18-19(12)2/h3-4,7H,5-6H2,1-2H3,(H,13,21). The zero-order valence-electron chi connectivity index (χ0n) is 12.1. The van der Waals surface area contributed by atoms with Crippen LogP contribution in [0.5, 0.6) is 0 Å². The molecule has 0 spiro atoms. The maximum absolute atomic E-state index is 12.2. The topological polar surface area (TPSA) is 103 Å². The van der Waals surface area contributed by atoms with Gasteiger partial charge in [-0.15, -0.1) is 5.10 Å². The number of hydrogen-bond acceptors (Lipinski definition) is 7. The molecular weight excluding hydrogens is 304 g/mol. The van der Waals surface area contributed by atoms with E-state index in [-0.39, 0.29) is 5.91 Å². The molecular formula is C12H14N8OS. The van der Waals surface area contributed by atoms with E-state index >= 15 is 0 Å². The van der Waals surface area contributed by atoms with E-state index < -0.39 is 0 Å². The minimum atomic E-state index is -0.168.